The summed E-state index contributed by atoms with van der Waals surface area (Å²) in [5.74, 6) is -0.747. The number of ether oxygens (including phenoxy) is 1. The molecule has 2 aromatic heterocycles. The van der Waals surface area contributed by atoms with E-state index < -0.39 is 11.7 Å². The van der Waals surface area contributed by atoms with Crippen molar-refractivity contribution in [3.8, 4) is 17.6 Å². The molecule has 0 saturated carbocycles. The molecule has 0 saturated heterocycles. The topological polar surface area (TPSA) is 126 Å². The zero-order chi connectivity index (χ0) is 24.1. The molecule has 0 aliphatic carbocycles. The summed E-state index contributed by atoms with van der Waals surface area (Å²) in [4.78, 5) is 20.8. The number of hydrogen-bond acceptors (Lipinski definition) is 7. The third-order valence-corrected chi connectivity index (χ3v) is 4.98. The number of hydrogen-bond donors (Lipinski definition) is 3. The van der Waals surface area contributed by atoms with Gasteiger partial charge in [-0.1, -0.05) is 17.7 Å². The van der Waals surface area contributed by atoms with E-state index >= 15 is 0 Å². The highest BCUT2D eigenvalue weighted by atomic mass is 35.5. The van der Waals surface area contributed by atoms with E-state index in [0.717, 1.165) is 0 Å². The van der Waals surface area contributed by atoms with Crippen LogP contribution in [0, 0.1) is 17.1 Å². The average molecular weight is 475 g/mol. The lowest BCUT2D eigenvalue weighted by atomic mass is 10.2. The summed E-state index contributed by atoms with van der Waals surface area (Å²) >= 11 is 6.05. The van der Waals surface area contributed by atoms with Crippen molar-refractivity contribution in [1.82, 2.24) is 9.97 Å². The number of benzene rings is 2. The smallest absolute Gasteiger partial charge is 0.259 e. The molecule has 2 aromatic carbocycles. The van der Waals surface area contributed by atoms with Gasteiger partial charge in [0.2, 0.25) is 0 Å². The second kappa shape index (κ2) is 9.85. The van der Waals surface area contributed by atoms with E-state index in [1.165, 1.54) is 30.6 Å². The summed E-state index contributed by atoms with van der Waals surface area (Å²) in [7, 11) is 0. The number of halogens is 2. The molecular weight excluding hydrogens is 459 g/mol. The van der Waals surface area contributed by atoms with Crippen LogP contribution in [-0.4, -0.2) is 15.9 Å². The lowest BCUT2D eigenvalue weighted by Gasteiger charge is -2.13. The number of nitrogen functional groups attached to an aromatic ring is 1. The number of carbonyl (C=O) groups excluding carboxylic acids is 1. The molecule has 0 radical (unpaired) electrons. The average Bonchev–Trinajstić information content (AvgIpc) is 2.84. The summed E-state index contributed by atoms with van der Waals surface area (Å²) in [6.45, 7) is 0. The van der Waals surface area contributed by atoms with Gasteiger partial charge in [-0.3, -0.25) is 4.79 Å². The highest BCUT2D eigenvalue weighted by Gasteiger charge is 2.15. The minimum absolute atomic E-state index is 0.0677. The van der Waals surface area contributed by atoms with Gasteiger partial charge < -0.3 is 21.1 Å². The number of anilines is 4. The van der Waals surface area contributed by atoms with E-state index in [-0.39, 0.29) is 33.7 Å². The maximum Gasteiger partial charge on any atom is 0.259 e. The van der Waals surface area contributed by atoms with E-state index in [0.29, 0.717) is 16.9 Å². The normalized spacial score (nSPS) is 10.3. The number of pyridine rings is 2. The van der Waals surface area contributed by atoms with Gasteiger partial charge in [-0.05, 0) is 42.5 Å². The van der Waals surface area contributed by atoms with Crippen LogP contribution in [0.3, 0.4) is 0 Å². The van der Waals surface area contributed by atoms with E-state index in [9.17, 15) is 9.18 Å². The predicted molar refractivity (Wildman–Crippen MR) is 127 cm³/mol. The first kappa shape index (κ1) is 22.5. The molecular formula is C24H16ClFN6O2. The largest absolute Gasteiger partial charge is 0.453 e. The van der Waals surface area contributed by atoms with E-state index in [1.807, 2.05) is 6.07 Å². The minimum atomic E-state index is -0.674. The molecule has 1 amide bonds. The molecule has 4 aromatic rings. The molecule has 0 aliphatic rings. The van der Waals surface area contributed by atoms with Crippen molar-refractivity contribution in [2.24, 2.45) is 0 Å². The molecule has 0 fully saturated rings. The lowest BCUT2D eigenvalue weighted by Crippen LogP contribution is -2.14. The van der Waals surface area contributed by atoms with Gasteiger partial charge in [0.05, 0.1) is 17.2 Å². The standard InChI is InChI=1S/C24H16ClFN6O2/c25-21-20(8-10-29-22(21)28)34-19-7-6-16(12-18(19)26)31-23-17(5-2-9-30-23)24(33)32-15-4-1-3-14(11-15)13-27/h1-12H,(H2,28,29)(H,30,31)(H,32,33). The Morgan fingerprint density at radius 2 is 1.88 bits per heavy atom. The molecule has 34 heavy (non-hydrogen) atoms. The van der Waals surface area contributed by atoms with Crippen molar-refractivity contribution in [1.29, 1.82) is 5.26 Å². The van der Waals surface area contributed by atoms with Gasteiger partial charge in [-0.15, -0.1) is 0 Å². The first-order chi connectivity index (χ1) is 16.4. The highest BCUT2D eigenvalue weighted by molar-refractivity contribution is 6.34. The van der Waals surface area contributed by atoms with E-state index in [1.54, 1.807) is 42.5 Å². The third kappa shape index (κ3) is 5.03. The third-order valence-electron chi connectivity index (χ3n) is 4.60. The van der Waals surface area contributed by atoms with E-state index in [2.05, 4.69) is 20.6 Å². The fraction of sp³-hybridized carbons (Fsp3) is 0. The van der Waals surface area contributed by atoms with Crippen LogP contribution in [0.1, 0.15) is 15.9 Å². The summed E-state index contributed by atoms with van der Waals surface area (Å²) in [5.41, 5.74) is 7.08. The van der Waals surface area contributed by atoms with Gasteiger partial charge in [-0.25, -0.2) is 14.4 Å². The molecule has 0 spiro atoms. The summed E-state index contributed by atoms with van der Waals surface area (Å²) < 4.78 is 20.2. The monoisotopic (exact) mass is 474 g/mol. The van der Waals surface area contributed by atoms with Crippen LogP contribution < -0.4 is 21.1 Å². The molecule has 168 valence electrons. The van der Waals surface area contributed by atoms with Gasteiger partial charge in [0.15, 0.2) is 17.3 Å². The Morgan fingerprint density at radius 3 is 2.68 bits per heavy atom. The summed E-state index contributed by atoms with van der Waals surface area (Å²) in [5, 5.41) is 14.8. The quantitative estimate of drug-likeness (QED) is 0.336. The number of amides is 1. The molecule has 0 unspecified atom stereocenters. The van der Waals surface area contributed by atoms with E-state index in [4.69, 9.17) is 27.3 Å². The molecule has 2 heterocycles. The van der Waals surface area contributed by atoms with Crippen LogP contribution in [-0.2, 0) is 0 Å². The number of nitrogens with two attached hydrogens (primary N) is 1. The van der Waals surface area contributed by atoms with Crippen LogP contribution in [0.5, 0.6) is 11.5 Å². The zero-order valence-electron chi connectivity index (χ0n) is 17.4. The Labute approximate surface area is 198 Å². The summed E-state index contributed by atoms with van der Waals surface area (Å²) in [6.07, 6.45) is 2.90. The van der Waals surface area contributed by atoms with Crippen LogP contribution in [0.2, 0.25) is 5.02 Å². The zero-order valence-corrected chi connectivity index (χ0v) is 18.2. The van der Waals surface area contributed by atoms with Crippen LogP contribution in [0.25, 0.3) is 0 Å². The second-order valence-corrected chi connectivity index (χ2v) is 7.30. The Balaban J connectivity index is 1.53. The Morgan fingerprint density at radius 1 is 1.03 bits per heavy atom. The van der Waals surface area contributed by atoms with Crippen molar-refractivity contribution >= 4 is 40.5 Å². The maximum absolute atomic E-state index is 14.7. The maximum atomic E-state index is 14.7. The number of carbonyl (C=O) groups is 1. The lowest BCUT2D eigenvalue weighted by molar-refractivity contribution is 0.102. The van der Waals surface area contributed by atoms with Gasteiger partial charge in [-0.2, -0.15) is 5.26 Å². The number of aromatic nitrogens is 2. The molecule has 8 nitrogen and oxygen atoms in total. The van der Waals surface area contributed by atoms with Crippen molar-refractivity contribution in [3.63, 3.8) is 0 Å². The fourth-order valence-corrected chi connectivity index (χ4v) is 3.14. The molecule has 0 bridgehead atoms. The first-order valence-electron chi connectivity index (χ1n) is 9.85. The van der Waals surface area contributed by atoms with Crippen LogP contribution in [0.4, 0.5) is 27.4 Å². The van der Waals surface area contributed by atoms with Crippen molar-refractivity contribution in [2.75, 3.05) is 16.4 Å². The van der Waals surface area contributed by atoms with Gasteiger partial charge >= 0.3 is 0 Å². The van der Waals surface area contributed by atoms with Gasteiger partial charge in [0.1, 0.15) is 16.7 Å². The predicted octanol–water partition coefficient (Wildman–Crippen LogP) is 5.51. The molecule has 4 rings (SSSR count). The van der Waals surface area contributed by atoms with Crippen molar-refractivity contribution in [2.45, 2.75) is 0 Å². The number of rotatable bonds is 6. The fourth-order valence-electron chi connectivity index (χ4n) is 2.99. The Kier molecular flexibility index (Phi) is 6.52. The summed E-state index contributed by atoms with van der Waals surface area (Å²) in [6, 6.07) is 17.3. The Hall–Kier alpha value is -4.68. The van der Waals surface area contributed by atoms with Crippen LogP contribution >= 0.6 is 11.6 Å². The Bertz CT molecular complexity index is 1420. The minimum Gasteiger partial charge on any atom is -0.453 e. The second-order valence-electron chi connectivity index (χ2n) is 6.93. The SMILES string of the molecule is N#Cc1cccc(NC(=O)c2cccnc2Nc2ccc(Oc3ccnc(N)c3Cl)c(F)c2)c1. The van der Waals surface area contributed by atoms with Crippen molar-refractivity contribution < 1.29 is 13.9 Å². The van der Waals surface area contributed by atoms with Gasteiger partial charge in [0.25, 0.3) is 5.91 Å². The first-order valence-corrected chi connectivity index (χ1v) is 10.2. The molecule has 0 atom stereocenters. The molecule has 10 heteroatoms. The van der Waals surface area contributed by atoms with Gasteiger partial charge in [0, 0.05) is 35.9 Å². The van der Waals surface area contributed by atoms with Crippen LogP contribution in [0.15, 0.2) is 73.1 Å². The number of nitriles is 1. The highest BCUT2D eigenvalue weighted by Crippen LogP contribution is 2.34. The van der Waals surface area contributed by atoms with Crippen molar-refractivity contribution in [3.05, 3.63) is 95.0 Å². The molecule has 4 N–H and O–H groups in total. The molecule has 0 aliphatic heterocycles. The number of nitrogens with zero attached hydrogens (tertiary/aromatic N) is 3. The number of nitrogens with one attached hydrogen (secondary N) is 2.